The number of amides is 3. The molecule has 0 aliphatic heterocycles. The summed E-state index contributed by atoms with van der Waals surface area (Å²) in [6, 6.07) is 8.02. The summed E-state index contributed by atoms with van der Waals surface area (Å²) >= 11 is 0. The Bertz CT molecular complexity index is 1160. The molecule has 1 aliphatic carbocycles. The SMILES string of the molecule is CN(CCN(C)C(=O)[C@H](CC(=O)OCc1ccccc1)N(C)C(=O)CCCCCC1C(=O)C=CC1=O)C(=O)OC(C)(C)C. The number of hydrogen-bond acceptors (Lipinski definition) is 8. The second kappa shape index (κ2) is 16.6. The zero-order valence-electron chi connectivity index (χ0n) is 26.2. The Kier molecular flexibility index (Phi) is 13.6. The van der Waals surface area contributed by atoms with Gasteiger partial charge in [-0.3, -0.25) is 24.0 Å². The molecule has 0 bridgehead atoms. The first kappa shape index (κ1) is 35.2. The molecule has 11 nitrogen and oxygen atoms in total. The van der Waals surface area contributed by atoms with Crippen molar-refractivity contribution in [1.29, 1.82) is 0 Å². The molecule has 11 heteroatoms. The highest BCUT2D eigenvalue weighted by Gasteiger charge is 2.32. The first-order valence-electron chi connectivity index (χ1n) is 14.6. The molecule has 1 atom stereocenters. The van der Waals surface area contributed by atoms with Gasteiger partial charge in [0, 0.05) is 40.7 Å². The molecular formula is C32H45N3O8. The van der Waals surface area contributed by atoms with Crippen LogP contribution in [0.25, 0.3) is 0 Å². The molecule has 3 amide bonds. The summed E-state index contributed by atoms with van der Waals surface area (Å²) in [6.45, 7) is 5.66. The van der Waals surface area contributed by atoms with Gasteiger partial charge in [-0.15, -0.1) is 0 Å². The number of unbranched alkanes of at least 4 members (excludes halogenated alkanes) is 2. The Morgan fingerprint density at radius 2 is 1.47 bits per heavy atom. The van der Waals surface area contributed by atoms with Crippen LogP contribution in [0.3, 0.4) is 0 Å². The molecule has 0 saturated heterocycles. The minimum atomic E-state index is -1.10. The monoisotopic (exact) mass is 599 g/mol. The number of ketones is 2. The van der Waals surface area contributed by atoms with Gasteiger partial charge in [0.15, 0.2) is 11.6 Å². The first-order valence-corrected chi connectivity index (χ1v) is 14.6. The number of esters is 1. The van der Waals surface area contributed by atoms with Gasteiger partial charge in [-0.2, -0.15) is 0 Å². The van der Waals surface area contributed by atoms with Crippen molar-refractivity contribution in [3.05, 3.63) is 48.0 Å². The summed E-state index contributed by atoms with van der Waals surface area (Å²) in [4.78, 5) is 79.2. The van der Waals surface area contributed by atoms with E-state index in [-0.39, 0.29) is 50.0 Å². The van der Waals surface area contributed by atoms with Crippen LogP contribution in [-0.2, 0) is 40.1 Å². The fourth-order valence-electron chi connectivity index (χ4n) is 4.41. The molecule has 43 heavy (non-hydrogen) atoms. The van der Waals surface area contributed by atoms with Crippen LogP contribution in [0.2, 0.25) is 0 Å². The highest BCUT2D eigenvalue weighted by atomic mass is 16.6. The lowest BCUT2D eigenvalue weighted by molar-refractivity contribution is -0.153. The van der Waals surface area contributed by atoms with E-state index in [4.69, 9.17) is 9.47 Å². The third-order valence-electron chi connectivity index (χ3n) is 7.08. The molecule has 0 fully saturated rings. The van der Waals surface area contributed by atoms with Crippen LogP contribution < -0.4 is 0 Å². The molecule has 0 radical (unpaired) electrons. The predicted molar refractivity (Wildman–Crippen MR) is 160 cm³/mol. The Labute approximate surface area is 254 Å². The molecule has 0 saturated carbocycles. The lowest BCUT2D eigenvalue weighted by atomic mass is 9.97. The number of carbonyl (C=O) groups excluding carboxylic acids is 6. The molecule has 0 heterocycles. The van der Waals surface area contributed by atoms with Crippen molar-refractivity contribution in [3.63, 3.8) is 0 Å². The van der Waals surface area contributed by atoms with Crippen molar-refractivity contribution in [2.45, 2.75) is 77.5 Å². The third-order valence-corrected chi connectivity index (χ3v) is 7.08. The minimum absolute atomic E-state index is 0.0380. The van der Waals surface area contributed by atoms with Gasteiger partial charge in [-0.1, -0.05) is 43.2 Å². The summed E-state index contributed by atoms with van der Waals surface area (Å²) in [7, 11) is 4.60. The molecule has 1 aromatic rings. The number of ether oxygens (including phenoxy) is 2. The molecule has 1 aliphatic rings. The lowest BCUT2D eigenvalue weighted by Gasteiger charge is -2.31. The Morgan fingerprint density at radius 1 is 0.860 bits per heavy atom. The average molecular weight is 600 g/mol. The maximum absolute atomic E-state index is 13.5. The van der Waals surface area contributed by atoms with Crippen LogP contribution in [-0.4, -0.2) is 96.0 Å². The maximum Gasteiger partial charge on any atom is 0.410 e. The summed E-state index contributed by atoms with van der Waals surface area (Å²) in [6.07, 6.45) is 4.06. The molecule has 2 rings (SSSR count). The van der Waals surface area contributed by atoms with Crippen molar-refractivity contribution < 1.29 is 38.2 Å². The van der Waals surface area contributed by atoms with Crippen molar-refractivity contribution in [2.75, 3.05) is 34.2 Å². The van der Waals surface area contributed by atoms with Gasteiger partial charge < -0.3 is 24.2 Å². The van der Waals surface area contributed by atoms with Crippen LogP contribution in [0.1, 0.15) is 64.9 Å². The Hall–Kier alpha value is -4.02. The average Bonchev–Trinajstić information content (AvgIpc) is 3.28. The number of hydrogen-bond donors (Lipinski definition) is 0. The Balaban J connectivity index is 1.98. The zero-order chi connectivity index (χ0) is 32.2. The van der Waals surface area contributed by atoms with E-state index < -0.39 is 35.5 Å². The van der Waals surface area contributed by atoms with E-state index in [0.717, 1.165) is 5.56 Å². The van der Waals surface area contributed by atoms with Crippen molar-refractivity contribution in [2.24, 2.45) is 5.92 Å². The molecule has 0 spiro atoms. The van der Waals surface area contributed by atoms with Gasteiger partial charge in [0.25, 0.3) is 0 Å². The maximum atomic E-state index is 13.5. The molecular weight excluding hydrogens is 554 g/mol. The Morgan fingerprint density at radius 3 is 2.07 bits per heavy atom. The largest absolute Gasteiger partial charge is 0.461 e. The third kappa shape index (κ3) is 12.0. The van der Waals surface area contributed by atoms with Gasteiger partial charge >= 0.3 is 12.1 Å². The van der Waals surface area contributed by atoms with Gasteiger partial charge in [-0.05, 0) is 51.3 Å². The number of nitrogens with zero attached hydrogens (tertiary/aromatic N) is 3. The quantitative estimate of drug-likeness (QED) is 0.170. The summed E-state index contributed by atoms with van der Waals surface area (Å²) in [5.41, 5.74) is 0.131. The summed E-state index contributed by atoms with van der Waals surface area (Å²) in [5, 5.41) is 0. The topological polar surface area (TPSA) is 131 Å². The highest BCUT2D eigenvalue weighted by Crippen LogP contribution is 2.19. The fourth-order valence-corrected chi connectivity index (χ4v) is 4.41. The number of allylic oxidation sites excluding steroid dienone is 2. The van der Waals surface area contributed by atoms with Crippen LogP contribution >= 0.6 is 0 Å². The van der Waals surface area contributed by atoms with Crippen LogP contribution in [0, 0.1) is 5.92 Å². The van der Waals surface area contributed by atoms with Gasteiger partial charge in [0.2, 0.25) is 11.8 Å². The molecule has 0 aromatic heterocycles. The number of carbonyl (C=O) groups is 6. The number of likely N-dealkylation sites (N-methyl/N-ethyl adjacent to an activating group) is 3. The van der Waals surface area contributed by atoms with E-state index in [1.165, 1.54) is 33.9 Å². The van der Waals surface area contributed by atoms with E-state index in [2.05, 4.69) is 0 Å². The van der Waals surface area contributed by atoms with E-state index in [9.17, 15) is 28.8 Å². The summed E-state index contributed by atoms with van der Waals surface area (Å²) < 4.78 is 10.7. The molecule has 0 unspecified atom stereocenters. The van der Waals surface area contributed by atoms with Crippen LogP contribution in [0.4, 0.5) is 4.79 Å². The normalized spacial score (nSPS) is 13.9. The van der Waals surface area contributed by atoms with E-state index >= 15 is 0 Å². The van der Waals surface area contributed by atoms with Crippen LogP contribution in [0.5, 0.6) is 0 Å². The summed E-state index contributed by atoms with van der Waals surface area (Å²) in [5.74, 6) is -2.38. The van der Waals surface area contributed by atoms with Crippen LogP contribution in [0.15, 0.2) is 42.5 Å². The fraction of sp³-hybridized carbons (Fsp3) is 0.562. The first-order chi connectivity index (χ1) is 20.2. The minimum Gasteiger partial charge on any atom is -0.461 e. The van der Waals surface area contributed by atoms with Gasteiger partial charge in [-0.25, -0.2) is 4.79 Å². The smallest absolute Gasteiger partial charge is 0.410 e. The second-order valence-corrected chi connectivity index (χ2v) is 11.8. The highest BCUT2D eigenvalue weighted by molar-refractivity contribution is 6.18. The van der Waals surface area contributed by atoms with Crippen molar-refractivity contribution >= 4 is 35.4 Å². The van der Waals surface area contributed by atoms with E-state index in [1.807, 2.05) is 30.3 Å². The predicted octanol–water partition coefficient (Wildman–Crippen LogP) is 3.55. The van der Waals surface area contributed by atoms with Crippen molar-refractivity contribution in [3.8, 4) is 0 Å². The standard InChI is InChI=1S/C32H45N3O8/c1-32(2,3)43-31(41)34(5)20-19-33(4)30(40)25(21-29(39)42-22-23-13-9-7-10-14-23)35(6)28(38)16-12-8-11-15-24-26(36)17-18-27(24)37/h7,9-10,13-14,17-18,24-25H,8,11-12,15-16,19-22H2,1-6H3/t25-/m0/s1. The van der Waals surface area contributed by atoms with Crippen molar-refractivity contribution in [1.82, 2.24) is 14.7 Å². The lowest BCUT2D eigenvalue weighted by Crippen LogP contribution is -2.50. The van der Waals surface area contributed by atoms with Gasteiger partial charge in [0.05, 0.1) is 12.3 Å². The molecule has 236 valence electrons. The van der Waals surface area contributed by atoms with Gasteiger partial charge in [0.1, 0.15) is 18.2 Å². The van der Waals surface area contributed by atoms with E-state index in [0.29, 0.717) is 25.7 Å². The zero-order valence-corrected chi connectivity index (χ0v) is 26.2. The number of rotatable bonds is 15. The number of benzene rings is 1. The molecule has 0 N–H and O–H groups in total. The van der Waals surface area contributed by atoms with E-state index in [1.54, 1.807) is 34.9 Å². The molecule has 1 aromatic carbocycles. The second-order valence-electron chi connectivity index (χ2n) is 11.8.